The van der Waals surface area contributed by atoms with Crippen LogP contribution in [0.1, 0.15) is 23.8 Å². The van der Waals surface area contributed by atoms with Gasteiger partial charge in [0, 0.05) is 17.5 Å². The number of fused-ring (bicyclic) bond motifs is 1. The summed E-state index contributed by atoms with van der Waals surface area (Å²) in [5, 5.41) is 0. The highest BCUT2D eigenvalue weighted by Gasteiger charge is 2.13. The van der Waals surface area contributed by atoms with Gasteiger partial charge in [0.05, 0.1) is 6.26 Å². The molecule has 0 radical (unpaired) electrons. The molecule has 0 aliphatic rings. The molecule has 0 bridgehead atoms. The van der Waals surface area contributed by atoms with E-state index in [0.717, 1.165) is 34.5 Å². The number of hydrogen-bond acceptors (Lipinski definition) is 2. The fraction of sp³-hybridized carbons (Fsp3) is 0.400. The van der Waals surface area contributed by atoms with Crippen LogP contribution < -0.4 is 0 Å². The van der Waals surface area contributed by atoms with Crippen LogP contribution in [0.4, 0.5) is 0 Å². The van der Waals surface area contributed by atoms with E-state index in [1.165, 1.54) is 0 Å². The highest BCUT2D eigenvalue weighted by atomic mass is 16.4. The molecule has 0 aliphatic heterocycles. The molecular weight excluding hydrogens is 152 g/mol. The van der Waals surface area contributed by atoms with Crippen molar-refractivity contribution in [1.82, 2.24) is 0 Å². The Hall–Kier alpha value is -1.18. The van der Waals surface area contributed by atoms with E-state index in [2.05, 4.69) is 6.92 Å². The molecule has 0 atom stereocenters. The third kappa shape index (κ3) is 0.809. The van der Waals surface area contributed by atoms with E-state index >= 15 is 0 Å². The number of hydrogen-bond donors (Lipinski definition) is 0. The summed E-state index contributed by atoms with van der Waals surface area (Å²) in [5.41, 5.74) is 4.03. The Morgan fingerprint density at radius 1 is 1.25 bits per heavy atom. The Morgan fingerprint density at radius 2 is 2.00 bits per heavy atom. The Morgan fingerprint density at radius 3 is 2.58 bits per heavy atom. The maximum Gasteiger partial charge on any atom is 0.175 e. The summed E-state index contributed by atoms with van der Waals surface area (Å²) in [6, 6.07) is 0. The molecule has 0 fully saturated rings. The molecule has 0 amide bonds. The summed E-state index contributed by atoms with van der Waals surface area (Å²) in [7, 11) is 0. The predicted octanol–water partition coefficient (Wildman–Crippen LogP) is 3.21. The zero-order chi connectivity index (χ0) is 8.72. The van der Waals surface area contributed by atoms with Crippen LogP contribution in [0, 0.1) is 13.8 Å². The predicted molar refractivity (Wildman–Crippen MR) is 47.3 cm³/mol. The molecule has 0 N–H and O–H groups in total. The molecule has 0 saturated carbocycles. The van der Waals surface area contributed by atoms with E-state index in [1.807, 2.05) is 13.8 Å². The average molecular weight is 164 g/mol. The van der Waals surface area contributed by atoms with Crippen molar-refractivity contribution in [1.29, 1.82) is 0 Å². The van der Waals surface area contributed by atoms with E-state index in [0.29, 0.717) is 0 Å². The summed E-state index contributed by atoms with van der Waals surface area (Å²) in [5.74, 6) is 1.03. The van der Waals surface area contributed by atoms with Gasteiger partial charge < -0.3 is 8.83 Å². The first-order chi connectivity index (χ1) is 5.74. The number of rotatable bonds is 1. The molecule has 0 aliphatic carbocycles. The van der Waals surface area contributed by atoms with Crippen LogP contribution in [-0.4, -0.2) is 0 Å². The van der Waals surface area contributed by atoms with Gasteiger partial charge in [-0.05, 0) is 13.8 Å². The van der Waals surface area contributed by atoms with Gasteiger partial charge in [0.25, 0.3) is 0 Å². The smallest absolute Gasteiger partial charge is 0.175 e. The van der Waals surface area contributed by atoms with E-state index in [1.54, 1.807) is 6.26 Å². The Labute approximate surface area is 71.2 Å². The minimum Gasteiger partial charge on any atom is -0.460 e. The van der Waals surface area contributed by atoms with E-state index in [4.69, 9.17) is 8.83 Å². The van der Waals surface area contributed by atoms with Gasteiger partial charge in [-0.25, -0.2) is 0 Å². The second kappa shape index (κ2) is 2.41. The largest absolute Gasteiger partial charge is 0.460 e. The molecule has 0 saturated heterocycles. The molecule has 0 spiro atoms. The molecule has 12 heavy (non-hydrogen) atoms. The SMILES string of the molecule is CCc1oc2c(C)coc2c1C. The summed E-state index contributed by atoms with van der Waals surface area (Å²) >= 11 is 0. The van der Waals surface area contributed by atoms with Crippen LogP contribution in [0.3, 0.4) is 0 Å². The van der Waals surface area contributed by atoms with Crippen molar-refractivity contribution in [3.63, 3.8) is 0 Å². The topological polar surface area (TPSA) is 26.3 Å². The van der Waals surface area contributed by atoms with Crippen molar-refractivity contribution in [2.45, 2.75) is 27.2 Å². The molecule has 0 aromatic carbocycles. The maximum atomic E-state index is 5.62. The molecule has 2 aromatic heterocycles. The molecule has 2 heterocycles. The Bertz CT molecular complexity index is 407. The fourth-order valence-electron chi connectivity index (χ4n) is 1.48. The molecule has 0 unspecified atom stereocenters. The lowest BCUT2D eigenvalue weighted by Crippen LogP contribution is -1.76. The van der Waals surface area contributed by atoms with Gasteiger partial charge in [-0.3, -0.25) is 0 Å². The zero-order valence-corrected chi connectivity index (χ0v) is 7.60. The normalized spacial score (nSPS) is 11.2. The van der Waals surface area contributed by atoms with Crippen molar-refractivity contribution in [2.24, 2.45) is 0 Å². The van der Waals surface area contributed by atoms with Crippen molar-refractivity contribution in [2.75, 3.05) is 0 Å². The molecule has 2 rings (SSSR count). The lowest BCUT2D eigenvalue weighted by Gasteiger charge is -1.89. The molecular formula is C10H12O2. The molecule has 2 heteroatoms. The Kier molecular flexibility index (Phi) is 1.50. The first kappa shape index (κ1) is 7.47. The van der Waals surface area contributed by atoms with E-state index in [-0.39, 0.29) is 0 Å². The van der Waals surface area contributed by atoms with Gasteiger partial charge in [0.2, 0.25) is 0 Å². The van der Waals surface area contributed by atoms with Gasteiger partial charge in [-0.15, -0.1) is 0 Å². The number of furan rings is 2. The van der Waals surface area contributed by atoms with Gasteiger partial charge in [-0.2, -0.15) is 0 Å². The molecule has 2 aromatic rings. The fourth-order valence-corrected chi connectivity index (χ4v) is 1.48. The second-order valence-corrected chi connectivity index (χ2v) is 3.08. The van der Waals surface area contributed by atoms with Crippen LogP contribution in [0.2, 0.25) is 0 Å². The minimum absolute atomic E-state index is 0.907. The van der Waals surface area contributed by atoms with Crippen molar-refractivity contribution in [3.05, 3.63) is 23.2 Å². The third-order valence-corrected chi connectivity index (χ3v) is 2.22. The highest BCUT2D eigenvalue weighted by Crippen LogP contribution is 2.29. The average Bonchev–Trinajstić information content (AvgIpc) is 2.55. The lowest BCUT2D eigenvalue weighted by atomic mass is 10.2. The monoisotopic (exact) mass is 164 g/mol. The van der Waals surface area contributed by atoms with Gasteiger partial charge in [-0.1, -0.05) is 6.92 Å². The third-order valence-electron chi connectivity index (χ3n) is 2.22. The summed E-state index contributed by atoms with van der Waals surface area (Å²) < 4.78 is 11.0. The van der Waals surface area contributed by atoms with Crippen LogP contribution in [0.15, 0.2) is 15.1 Å². The standard InChI is InChI=1S/C10H12O2/c1-4-8-7(3)10-9(12-8)6(2)5-11-10/h5H,4H2,1-3H3. The Balaban J connectivity index is 2.79. The quantitative estimate of drug-likeness (QED) is 0.646. The van der Waals surface area contributed by atoms with E-state index < -0.39 is 0 Å². The summed E-state index contributed by atoms with van der Waals surface area (Å²) in [6.45, 7) is 6.11. The van der Waals surface area contributed by atoms with Crippen LogP contribution >= 0.6 is 0 Å². The van der Waals surface area contributed by atoms with Crippen molar-refractivity contribution >= 4 is 11.2 Å². The maximum absolute atomic E-state index is 5.62. The lowest BCUT2D eigenvalue weighted by molar-refractivity contribution is 0.551. The van der Waals surface area contributed by atoms with Gasteiger partial charge >= 0.3 is 0 Å². The first-order valence-electron chi connectivity index (χ1n) is 4.20. The summed E-state index contributed by atoms with van der Waals surface area (Å²) in [4.78, 5) is 0. The van der Waals surface area contributed by atoms with Crippen LogP contribution in [0.5, 0.6) is 0 Å². The summed E-state index contributed by atoms with van der Waals surface area (Å²) in [6.07, 6.45) is 2.66. The highest BCUT2D eigenvalue weighted by molar-refractivity contribution is 5.78. The minimum atomic E-state index is 0.907. The van der Waals surface area contributed by atoms with Crippen LogP contribution in [0.25, 0.3) is 11.2 Å². The van der Waals surface area contributed by atoms with E-state index in [9.17, 15) is 0 Å². The number of aryl methyl sites for hydroxylation is 3. The van der Waals surface area contributed by atoms with Gasteiger partial charge in [0.15, 0.2) is 11.2 Å². The molecule has 2 nitrogen and oxygen atoms in total. The van der Waals surface area contributed by atoms with Crippen molar-refractivity contribution < 1.29 is 8.83 Å². The van der Waals surface area contributed by atoms with Crippen LogP contribution in [-0.2, 0) is 6.42 Å². The van der Waals surface area contributed by atoms with Gasteiger partial charge in [0.1, 0.15) is 5.76 Å². The van der Waals surface area contributed by atoms with Crippen molar-refractivity contribution in [3.8, 4) is 0 Å². The second-order valence-electron chi connectivity index (χ2n) is 3.08. The first-order valence-corrected chi connectivity index (χ1v) is 4.20. The molecule has 64 valence electrons. The zero-order valence-electron chi connectivity index (χ0n) is 7.60.